The summed E-state index contributed by atoms with van der Waals surface area (Å²) in [6.07, 6.45) is 0. The zero-order valence-electron chi connectivity index (χ0n) is 17.9. The fourth-order valence-corrected chi connectivity index (χ4v) is 4.01. The largest absolute Gasteiger partial charge is 0.384 e. The molecule has 1 unspecified atom stereocenters. The number of carbonyl (C=O) groups is 1. The number of nitrogens with zero attached hydrogens (tertiary/aromatic N) is 3. The number of hydrogen-bond acceptors (Lipinski definition) is 4. The van der Waals surface area contributed by atoms with E-state index in [1.807, 2.05) is 97.3 Å². The molecule has 158 valence electrons. The maximum atomic E-state index is 13.4. The van der Waals surface area contributed by atoms with Crippen LogP contribution in [0.4, 0.5) is 5.82 Å². The van der Waals surface area contributed by atoms with E-state index >= 15 is 0 Å². The van der Waals surface area contributed by atoms with Gasteiger partial charge in [-0.05, 0) is 49.2 Å². The van der Waals surface area contributed by atoms with Crippen LogP contribution in [-0.2, 0) is 0 Å². The summed E-state index contributed by atoms with van der Waals surface area (Å²) in [5.41, 5.74) is 12.4. The lowest BCUT2D eigenvalue weighted by atomic mass is 10.1. The van der Waals surface area contributed by atoms with E-state index < -0.39 is 0 Å². The van der Waals surface area contributed by atoms with Gasteiger partial charge in [0.1, 0.15) is 16.9 Å². The van der Waals surface area contributed by atoms with Crippen LogP contribution in [0.3, 0.4) is 0 Å². The average molecular weight is 422 g/mol. The zero-order chi connectivity index (χ0) is 22.2. The maximum Gasteiger partial charge on any atom is 0.257 e. The van der Waals surface area contributed by atoms with Gasteiger partial charge in [0.15, 0.2) is 5.65 Å². The van der Waals surface area contributed by atoms with Crippen LogP contribution >= 0.6 is 0 Å². The van der Waals surface area contributed by atoms with Crippen LogP contribution in [0, 0.1) is 6.92 Å². The number of fused-ring (bicyclic) bond motifs is 2. The summed E-state index contributed by atoms with van der Waals surface area (Å²) in [4.78, 5) is 23.0. The van der Waals surface area contributed by atoms with E-state index in [0.29, 0.717) is 28.1 Å². The van der Waals surface area contributed by atoms with E-state index in [2.05, 4.69) is 5.32 Å². The molecule has 0 fully saturated rings. The first-order valence-corrected chi connectivity index (χ1v) is 10.5. The number of anilines is 1. The van der Waals surface area contributed by atoms with Crippen LogP contribution in [0.5, 0.6) is 0 Å². The summed E-state index contributed by atoms with van der Waals surface area (Å²) in [5.74, 6) is 0.0403. The van der Waals surface area contributed by atoms with Crippen LogP contribution in [0.15, 0.2) is 78.9 Å². The van der Waals surface area contributed by atoms with Crippen molar-refractivity contribution in [3.05, 3.63) is 95.6 Å². The smallest absolute Gasteiger partial charge is 0.257 e. The summed E-state index contributed by atoms with van der Waals surface area (Å²) in [7, 11) is 0. The quantitative estimate of drug-likeness (QED) is 0.430. The van der Waals surface area contributed by atoms with Gasteiger partial charge in [-0.25, -0.2) is 9.97 Å². The SMILES string of the molecule is Cc1cccc(-n2c(N)c(C(=O)NC(C)c3ccccc3)c3nc4ccccc4nc32)c1. The molecule has 1 atom stereocenters. The average Bonchev–Trinajstić information content (AvgIpc) is 3.08. The molecule has 0 aliphatic heterocycles. The minimum atomic E-state index is -0.278. The van der Waals surface area contributed by atoms with Crippen molar-refractivity contribution < 1.29 is 4.79 Å². The standard InChI is InChI=1S/C26H23N5O/c1-16-9-8-12-19(15-16)31-24(27)22(26(32)28-17(2)18-10-4-3-5-11-18)23-25(31)30-21-14-7-6-13-20(21)29-23/h3-15,17H,27H2,1-2H3,(H,28,32). The summed E-state index contributed by atoms with van der Waals surface area (Å²) in [6.45, 7) is 3.96. The monoisotopic (exact) mass is 421 g/mol. The first-order valence-electron chi connectivity index (χ1n) is 10.5. The molecule has 6 nitrogen and oxygen atoms in total. The maximum absolute atomic E-state index is 13.4. The summed E-state index contributed by atoms with van der Waals surface area (Å²) >= 11 is 0. The number of benzene rings is 3. The van der Waals surface area contributed by atoms with Crippen LogP contribution < -0.4 is 11.1 Å². The van der Waals surface area contributed by atoms with Gasteiger partial charge in [-0.1, -0.05) is 54.6 Å². The van der Waals surface area contributed by atoms with Gasteiger partial charge in [0, 0.05) is 5.69 Å². The molecule has 0 saturated carbocycles. The molecular formula is C26H23N5O. The topological polar surface area (TPSA) is 85.8 Å². The van der Waals surface area contributed by atoms with Crippen molar-refractivity contribution in [3.8, 4) is 5.69 Å². The highest BCUT2D eigenvalue weighted by Gasteiger charge is 2.25. The minimum absolute atomic E-state index is 0.186. The fourth-order valence-electron chi connectivity index (χ4n) is 4.01. The van der Waals surface area contributed by atoms with Crippen molar-refractivity contribution in [2.45, 2.75) is 19.9 Å². The molecule has 2 aromatic heterocycles. The predicted octanol–water partition coefficient (Wildman–Crippen LogP) is 4.96. The van der Waals surface area contributed by atoms with Crippen molar-refractivity contribution in [2.75, 3.05) is 5.73 Å². The molecule has 3 aromatic carbocycles. The van der Waals surface area contributed by atoms with Gasteiger partial charge in [-0.3, -0.25) is 9.36 Å². The molecule has 1 amide bonds. The Labute approximate surface area is 185 Å². The second-order valence-electron chi connectivity index (χ2n) is 7.93. The van der Waals surface area contributed by atoms with Crippen LogP contribution in [0.25, 0.3) is 27.9 Å². The summed E-state index contributed by atoms with van der Waals surface area (Å²) in [5, 5.41) is 3.07. The second-order valence-corrected chi connectivity index (χ2v) is 7.93. The lowest BCUT2D eigenvalue weighted by Crippen LogP contribution is -2.27. The van der Waals surface area contributed by atoms with Crippen molar-refractivity contribution in [1.29, 1.82) is 0 Å². The Morgan fingerprint density at radius 1 is 0.938 bits per heavy atom. The lowest BCUT2D eigenvalue weighted by molar-refractivity contribution is 0.0942. The number of aromatic nitrogens is 3. The molecule has 5 aromatic rings. The first kappa shape index (κ1) is 19.8. The number of hydrogen-bond donors (Lipinski definition) is 2. The number of aryl methyl sites for hydroxylation is 1. The molecule has 0 radical (unpaired) electrons. The third-order valence-corrected chi connectivity index (χ3v) is 5.63. The molecule has 0 aliphatic carbocycles. The molecular weight excluding hydrogens is 398 g/mol. The molecule has 5 rings (SSSR count). The van der Waals surface area contributed by atoms with Gasteiger partial charge in [0.25, 0.3) is 5.91 Å². The Kier molecular flexibility index (Phi) is 4.82. The van der Waals surface area contributed by atoms with E-state index in [0.717, 1.165) is 22.3 Å². The van der Waals surface area contributed by atoms with Gasteiger partial charge < -0.3 is 11.1 Å². The molecule has 6 heteroatoms. The van der Waals surface area contributed by atoms with Gasteiger partial charge >= 0.3 is 0 Å². The van der Waals surface area contributed by atoms with Crippen molar-refractivity contribution in [1.82, 2.24) is 19.9 Å². The number of rotatable bonds is 4. The number of nitrogen functional groups attached to an aromatic ring is 1. The van der Waals surface area contributed by atoms with E-state index in [1.54, 1.807) is 0 Å². The Morgan fingerprint density at radius 3 is 2.34 bits per heavy atom. The van der Waals surface area contributed by atoms with Crippen LogP contribution in [0.1, 0.15) is 34.5 Å². The molecule has 2 heterocycles. The normalized spacial score (nSPS) is 12.2. The number of nitrogens with one attached hydrogen (secondary N) is 1. The molecule has 0 spiro atoms. The van der Waals surface area contributed by atoms with Gasteiger partial charge in [-0.15, -0.1) is 0 Å². The molecule has 3 N–H and O–H groups in total. The number of para-hydroxylation sites is 2. The lowest BCUT2D eigenvalue weighted by Gasteiger charge is -2.14. The van der Waals surface area contributed by atoms with E-state index in [9.17, 15) is 4.79 Å². The van der Waals surface area contributed by atoms with Crippen molar-refractivity contribution >= 4 is 33.9 Å². The summed E-state index contributed by atoms with van der Waals surface area (Å²) in [6, 6.07) is 25.2. The van der Waals surface area contributed by atoms with E-state index in [1.165, 1.54) is 0 Å². The van der Waals surface area contributed by atoms with Crippen molar-refractivity contribution in [2.24, 2.45) is 0 Å². The molecule has 0 bridgehead atoms. The van der Waals surface area contributed by atoms with Gasteiger partial charge in [-0.2, -0.15) is 0 Å². The third-order valence-electron chi connectivity index (χ3n) is 5.63. The third kappa shape index (κ3) is 3.36. The number of carbonyl (C=O) groups excluding carboxylic acids is 1. The van der Waals surface area contributed by atoms with Crippen molar-refractivity contribution in [3.63, 3.8) is 0 Å². The minimum Gasteiger partial charge on any atom is -0.384 e. The Balaban J connectivity index is 1.70. The van der Waals surface area contributed by atoms with Crippen LogP contribution in [-0.4, -0.2) is 20.4 Å². The highest BCUT2D eigenvalue weighted by molar-refractivity contribution is 6.11. The highest BCUT2D eigenvalue weighted by Crippen LogP contribution is 2.31. The van der Waals surface area contributed by atoms with Gasteiger partial charge in [0.2, 0.25) is 0 Å². The second kappa shape index (κ2) is 7.81. The molecule has 0 saturated heterocycles. The Hall–Kier alpha value is -4.19. The number of amides is 1. The first-order chi connectivity index (χ1) is 15.5. The fraction of sp³-hybridized carbons (Fsp3) is 0.115. The predicted molar refractivity (Wildman–Crippen MR) is 128 cm³/mol. The van der Waals surface area contributed by atoms with Crippen LogP contribution in [0.2, 0.25) is 0 Å². The summed E-state index contributed by atoms with van der Waals surface area (Å²) < 4.78 is 1.81. The van der Waals surface area contributed by atoms with Gasteiger partial charge in [0.05, 0.1) is 17.1 Å². The Morgan fingerprint density at radius 2 is 1.62 bits per heavy atom. The zero-order valence-corrected chi connectivity index (χ0v) is 17.9. The van der Waals surface area contributed by atoms with E-state index in [-0.39, 0.29) is 11.9 Å². The van der Waals surface area contributed by atoms with E-state index in [4.69, 9.17) is 15.7 Å². The molecule has 0 aliphatic rings. The number of nitrogens with two attached hydrogens (primary N) is 1. The Bertz CT molecular complexity index is 1460. The highest BCUT2D eigenvalue weighted by atomic mass is 16.1. The molecule has 32 heavy (non-hydrogen) atoms.